The topological polar surface area (TPSA) is 35.2 Å². The highest BCUT2D eigenvalue weighted by Crippen LogP contribution is 2.25. The van der Waals surface area contributed by atoms with E-state index in [1.165, 1.54) is 0 Å². The molecule has 2 unspecified atom stereocenters. The number of alkyl halides is 1. The van der Waals surface area contributed by atoms with E-state index >= 15 is 0 Å². The zero-order chi connectivity index (χ0) is 9.19. The molecule has 1 rings (SSSR count). The van der Waals surface area contributed by atoms with Crippen LogP contribution in [-0.4, -0.2) is 24.9 Å². The summed E-state index contributed by atoms with van der Waals surface area (Å²) in [4.78, 5) is 0. The SMILES string of the molecule is CC(C)(N)C(F)C1CCCOC1. The molecule has 2 nitrogen and oxygen atoms in total. The van der Waals surface area contributed by atoms with Crippen molar-refractivity contribution in [3.63, 3.8) is 0 Å². The van der Waals surface area contributed by atoms with Crippen molar-refractivity contribution in [3.8, 4) is 0 Å². The van der Waals surface area contributed by atoms with Gasteiger partial charge in [0.15, 0.2) is 0 Å². The van der Waals surface area contributed by atoms with Crippen molar-refractivity contribution in [1.29, 1.82) is 0 Å². The van der Waals surface area contributed by atoms with Crippen LogP contribution in [0.3, 0.4) is 0 Å². The van der Waals surface area contributed by atoms with Crippen molar-refractivity contribution in [2.75, 3.05) is 13.2 Å². The van der Waals surface area contributed by atoms with E-state index in [1.807, 2.05) is 0 Å². The summed E-state index contributed by atoms with van der Waals surface area (Å²) < 4.78 is 18.8. The summed E-state index contributed by atoms with van der Waals surface area (Å²) in [5.41, 5.74) is 4.95. The van der Waals surface area contributed by atoms with E-state index in [0.29, 0.717) is 6.61 Å². The number of halogens is 1. The molecule has 0 aromatic heterocycles. The van der Waals surface area contributed by atoms with Gasteiger partial charge in [-0.2, -0.15) is 0 Å². The predicted molar refractivity (Wildman–Crippen MR) is 46.7 cm³/mol. The lowest BCUT2D eigenvalue weighted by Crippen LogP contribution is -2.48. The highest BCUT2D eigenvalue weighted by Gasteiger charge is 2.33. The minimum Gasteiger partial charge on any atom is -0.381 e. The van der Waals surface area contributed by atoms with E-state index in [0.717, 1.165) is 19.4 Å². The van der Waals surface area contributed by atoms with Crippen LogP contribution in [0.2, 0.25) is 0 Å². The lowest BCUT2D eigenvalue weighted by atomic mass is 9.86. The highest BCUT2D eigenvalue weighted by molar-refractivity contribution is 4.88. The van der Waals surface area contributed by atoms with E-state index in [1.54, 1.807) is 13.8 Å². The van der Waals surface area contributed by atoms with E-state index in [-0.39, 0.29) is 5.92 Å². The Hall–Kier alpha value is -0.150. The highest BCUT2D eigenvalue weighted by atomic mass is 19.1. The van der Waals surface area contributed by atoms with Crippen molar-refractivity contribution in [2.24, 2.45) is 11.7 Å². The Labute approximate surface area is 73.3 Å². The maximum absolute atomic E-state index is 13.6. The summed E-state index contributed by atoms with van der Waals surface area (Å²) in [6.45, 7) is 4.76. The Kier molecular flexibility index (Phi) is 3.07. The third kappa shape index (κ3) is 2.42. The lowest BCUT2D eigenvalue weighted by Gasteiger charge is -2.32. The second kappa shape index (κ2) is 3.71. The van der Waals surface area contributed by atoms with Gasteiger partial charge in [0.1, 0.15) is 6.17 Å². The molecule has 1 heterocycles. The summed E-state index contributed by atoms with van der Waals surface area (Å²) in [7, 11) is 0. The van der Waals surface area contributed by atoms with Gasteiger partial charge in [-0.05, 0) is 26.7 Å². The van der Waals surface area contributed by atoms with E-state index in [9.17, 15) is 4.39 Å². The van der Waals surface area contributed by atoms with Gasteiger partial charge in [0.05, 0.1) is 6.61 Å². The maximum atomic E-state index is 13.6. The molecule has 1 fully saturated rings. The van der Waals surface area contributed by atoms with Crippen molar-refractivity contribution in [1.82, 2.24) is 0 Å². The molecule has 0 aromatic rings. The van der Waals surface area contributed by atoms with Crippen LogP contribution in [0.1, 0.15) is 26.7 Å². The number of hydrogen-bond donors (Lipinski definition) is 1. The first kappa shape index (κ1) is 9.93. The standard InChI is InChI=1S/C9H18FNO/c1-9(2,11)8(10)7-4-3-5-12-6-7/h7-8H,3-6,11H2,1-2H3. The Morgan fingerprint density at radius 2 is 2.25 bits per heavy atom. The zero-order valence-corrected chi connectivity index (χ0v) is 7.85. The van der Waals surface area contributed by atoms with E-state index in [2.05, 4.69) is 0 Å². The quantitative estimate of drug-likeness (QED) is 0.690. The van der Waals surface area contributed by atoms with Gasteiger partial charge in [-0.15, -0.1) is 0 Å². The van der Waals surface area contributed by atoms with Gasteiger partial charge >= 0.3 is 0 Å². The molecule has 0 radical (unpaired) electrons. The molecule has 3 heteroatoms. The average molecular weight is 175 g/mol. The van der Waals surface area contributed by atoms with Crippen molar-refractivity contribution in [2.45, 2.75) is 38.4 Å². The van der Waals surface area contributed by atoms with Gasteiger partial charge < -0.3 is 10.5 Å². The third-order valence-corrected chi connectivity index (χ3v) is 2.32. The summed E-state index contributed by atoms with van der Waals surface area (Å²) in [6.07, 6.45) is 0.918. The first-order chi connectivity index (χ1) is 5.52. The largest absolute Gasteiger partial charge is 0.381 e. The van der Waals surface area contributed by atoms with E-state index in [4.69, 9.17) is 10.5 Å². The Balaban J connectivity index is 2.45. The van der Waals surface area contributed by atoms with Crippen LogP contribution in [0.25, 0.3) is 0 Å². The van der Waals surface area contributed by atoms with Crippen LogP contribution in [0.4, 0.5) is 4.39 Å². The fourth-order valence-corrected chi connectivity index (χ4v) is 1.60. The van der Waals surface area contributed by atoms with E-state index < -0.39 is 11.7 Å². The van der Waals surface area contributed by atoms with Crippen LogP contribution >= 0.6 is 0 Å². The summed E-state index contributed by atoms with van der Waals surface area (Å²) in [6, 6.07) is 0. The number of nitrogens with two attached hydrogens (primary N) is 1. The van der Waals surface area contributed by atoms with Crippen LogP contribution in [0.5, 0.6) is 0 Å². The summed E-state index contributed by atoms with van der Waals surface area (Å²) in [5, 5.41) is 0. The molecule has 2 N–H and O–H groups in total. The van der Waals surface area contributed by atoms with Gasteiger partial charge in [0.25, 0.3) is 0 Å². The molecule has 0 aliphatic carbocycles. The molecule has 0 saturated carbocycles. The molecule has 72 valence electrons. The smallest absolute Gasteiger partial charge is 0.122 e. The molecule has 2 atom stereocenters. The molecule has 0 spiro atoms. The first-order valence-corrected chi connectivity index (χ1v) is 4.52. The van der Waals surface area contributed by atoms with Crippen molar-refractivity contribution < 1.29 is 9.13 Å². The fraction of sp³-hybridized carbons (Fsp3) is 1.00. The Morgan fingerprint density at radius 1 is 1.58 bits per heavy atom. The fourth-order valence-electron chi connectivity index (χ4n) is 1.60. The Bertz CT molecular complexity index is 138. The summed E-state index contributed by atoms with van der Waals surface area (Å²) in [5.74, 6) is -0.00116. The van der Waals surface area contributed by atoms with Gasteiger partial charge in [-0.3, -0.25) is 0 Å². The average Bonchev–Trinajstić information content (AvgIpc) is 2.03. The van der Waals surface area contributed by atoms with Gasteiger partial charge in [0, 0.05) is 18.1 Å². The molecule has 0 amide bonds. The number of rotatable bonds is 2. The molecule has 12 heavy (non-hydrogen) atoms. The van der Waals surface area contributed by atoms with Gasteiger partial charge in [-0.1, -0.05) is 0 Å². The first-order valence-electron chi connectivity index (χ1n) is 4.52. The minimum absolute atomic E-state index is 0.00116. The second-order valence-corrected chi connectivity index (χ2v) is 4.20. The van der Waals surface area contributed by atoms with Crippen LogP contribution in [0.15, 0.2) is 0 Å². The van der Waals surface area contributed by atoms with Crippen molar-refractivity contribution >= 4 is 0 Å². The molecular formula is C9H18FNO. The molecule has 0 bridgehead atoms. The van der Waals surface area contributed by atoms with Crippen LogP contribution in [0, 0.1) is 5.92 Å². The van der Waals surface area contributed by atoms with Crippen molar-refractivity contribution in [3.05, 3.63) is 0 Å². The van der Waals surface area contributed by atoms with Gasteiger partial charge in [-0.25, -0.2) is 4.39 Å². The number of hydrogen-bond acceptors (Lipinski definition) is 2. The molecular weight excluding hydrogens is 157 g/mol. The normalized spacial score (nSPS) is 28.5. The second-order valence-electron chi connectivity index (χ2n) is 4.20. The molecule has 1 saturated heterocycles. The summed E-state index contributed by atoms with van der Waals surface area (Å²) >= 11 is 0. The molecule has 1 aliphatic rings. The Morgan fingerprint density at radius 3 is 2.67 bits per heavy atom. The monoisotopic (exact) mass is 175 g/mol. The van der Waals surface area contributed by atoms with Crippen LogP contribution in [-0.2, 0) is 4.74 Å². The maximum Gasteiger partial charge on any atom is 0.122 e. The van der Waals surface area contributed by atoms with Crippen LogP contribution < -0.4 is 5.73 Å². The third-order valence-electron chi connectivity index (χ3n) is 2.32. The zero-order valence-electron chi connectivity index (χ0n) is 7.85. The number of ether oxygens (including phenoxy) is 1. The lowest BCUT2D eigenvalue weighted by molar-refractivity contribution is 0.00219. The predicted octanol–water partition coefficient (Wildman–Crippen LogP) is 1.49. The minimum atomic E-state index is -0.946. The van der Waals surface area contributed by atoms with Gasteiger partial charge in [0.2, 0.25) is 0 Å². The molecule has 1 aliphatic heterocycles. The molecule has 0 aromatic carbocycles.